The molecule has 2 fully saturated rings. The van der Waals surface area contributed by atoms with Crippen LogP contribution in [0.25, 0.3) is 10.6 Å². The number of aryl methyl sites for hydroxylation is 3. The van der Waals surface area contributed by atoms with Gasteiger partial charge in [-0.2, -0.15) is 0 Å². The van der Waals surface area contributed by atoms with Gasteiger partial charge in [0.1, 0.15) is 5.01 Å². The highest BCUT2D eigenvalue weighted by Crippen LogP contribution is 2.41. The summed E-state index contributed by atoms with van der Waals surface area (Å²) in [7, 11) is 0. The number of likely N-dealkylation sites (tertiary alicyclic amines) is 1. The van der Waals surface area contributed by atoms with Gasteiger partial charge in [-0.15, -0.1) is 11.3 Å². The van der Waals surface area contributed by atoms with Gasteiger partial charge in [-0.05, 0) is 105 Å². The lowest BCUT2D eigenvalue weighted by Gasteiger charge is -2.36. The Balaban J connectivity index is 0.000000194. The maximum absolute atomic E-state index is 5.65. The van der Waals surface area contributed by atoms with Crippen molar-refractivity contribution in [2.75, 3.05) is 26.7 Å². The number of benzene rings is 3. The van der Waals surface area contributed by atoms with Crippen molar-refractivity contribution in [2.24, 2.45) is 0 Å². The minimum atomic E-state index is 0.328. The van der Waals surface area contributed by atoms with Crippen molar-refractivity contribution in [1.82, 2.24) is 15.2 Å². The number of ether oxygens (including phenoxy) is 4. The first-order valence-corrected chi connectivity index (χ1v) is 18.3. The first kappa shape index (κ1) is 32.0. The van der Waals surface area contributed by atoms with Gasteiger partial charge in [-0.25, -0.2) is 4.98 Å². The average Bonchev–Trinajstić information content (AvgIpc) is 3.88. The van der Waals surface area contributed by atoms with E-state index < -0.39 is 0 Å². The minimum absolute atomic E-state index is 0.328. The fourth-order valence-corrected chi connectivity index (χ4v) is 8.53. The number of hydrogen-bond donors (Lipinski definition) is 1. The van der Waals surface area contributed by atoms with Gasteiger partial charge < -0.3 is 24.3 Å². The predicted octanol–water partition coefficient (Wildman–Crippen LogP) is 8.93. The van der Waals surface area contributed by atoms with Crippen LogP contribution >= 0.6 is 11.3 Å². The first-order valence-electron chi connectivity index (χ1n) is 17.4. The Morgan fingerprint density at radius 1 is 0.787 bits per heavy atom. The van der Waals surface area contributed by atoms with Crippen molar-refractivity contribution in [1.29, 1.82) is 0 Å². The van der Waals surface area contributed by atoms with Crippen molar-refractivity contribution in [3.05, 3.63) is 87.4 Å². The molecule has 7 nitrogen and oxygen atoms in total. The molecule has 3 aromatic carbocycles. The largest absolute Gasteiger partial charge is 0.454 e. The molecule has 248 valence electrons. The zero-order chi connectivity index (χ0) is 32.2. The fraction of sp³-hybridized carbons (Fsp3) is 0.462. The van der Waals surface area contributed by atoms with E-state index in [-0.39, 0.29) is 0 Å². The van der Waals surface area contributed by atoms with Gasteiger partial charge in [0.05, 0.1) is 5.69 Å². The molecule has 0 bridgehead atoms. The van der Waals surface area contributed by atoms with Crippen LogP contribution in [0.4, 0.5) is 0 Å². The molecule has 1 aromatic heterocycles. The molecule has 2 atom stereocenters. The highest BCUT2D eigenvalue weighted by molar-refractivity contribution is 7.15. The van der Waals surface area contributed by atoms with Gasteiger partial charge in [-0.1, -0.05) is 57.0 Å². The number of aromatic nitrogens is 1. The summed E-state index contributed by atoms with van der Waals surface area (Å²) in [6.07, 6.45) is 9.61. The van der Waals surface area contributed by atoms with E-state index in [1.54, 1.807) is 0 Å². The van der Waals surface area contributed by atoms with Crippen molar-refractivity contribution >= 4 is 11.3 Å². The molecule has 4 aromatic rings. The minimum Gasteiger partial charge on any atom is -0.454 e. The van der Waals surface area contributed by atoms with Crippen LogP contribution in [-0.4, -0.2) is 36.6 Å². The average molecular weight is 654 g/mol. The molecular weight excluding hydrogens is 607 g/mol. The lowest BCUT2D eigenvalue weighted by molar-refractivity contribution is 0.141. The first-order chi connectivity index (χ1) is 23.1. The number of piperidine rings is 2. The Morgan fingerprint density at radius 2 is 1.45 bits per heavy atom. The summed E-state index contributed by atoms with van der Waals surface area (Å²) in [5.74, 6) is 3.50. The molecule has 4 aliphatic rings. The normalized spacial score (nSPS) is 20.1. The van der Waals surface area contributed by atoms with E-state index in [0.29, 0.717) is 25.7 Å². The van der Waals surface area contributed by atoms with E-state index in [0.717, 1.165) is 55.5 Å². The van der Waals surface area contributed by atoms with Gasteiger partial charge >= 0.3 is 0 Å². The maximum atomic E-state index is 5.65. The van der Waals surface area contributed by atoms with E-state index in [2.05, 4.69) is 79.5 Å². The zero-order valence-corrected chi connectivity index (χ0v) is 28.8. The molecule has 8 rings (SSSR count). The van der Waals surface area contributed by atoms with Gasteiger partial charge in [0, 0.05) is 29.1 Å². The van der Waals surface area contributed by atoms with Crippen molar-refractivity contribution in [3.63, 3.8) is 0 Å². The maximum Gasteiger partial charge on any atom is 0.231 e. The molecule has 2 saturated heterocycles. The fourth-order valence-electron chi connectivity index (χ4n) is 7.33. The van der Waals surface area contributed by atoms with Crippen molar-refractivity contribution in [3.8, 4) is 33.6 Å². The summed E-state index contributed by atoms with van der Waals surface area (Å²) in [5.41, 5.74) is 8.00. The number of hydrogen-bond acceptors (Lipinski definition) is 8. The molecule has 0 aliphatic carbocycles. The van der Waals surface area contributed by atoms with E-state index in [1.807, 2.05) is 17.4 Å². The number of thiazole rings is 1. The Kier molecular flexibility index (Phi) is 9.98. The molecule has 2 unspecified atom stereocenters. The molecule has 0 amide bonds. The van der Waals surface area contributed by atoms with Gasteiger partial charge in [0.15, 0.2) is 23.0 Å². The third-order valence-electron chi connectivity index (χ3n) is 9.96. The standard InChI is InChI=1S/C27H32N2O2S.C12H15NO2/c1-4-19-9-8-10-20(5-2)26(19)27-28-18(3)25(32-27)16-29-14-7-6-11-22(29)21-12-13-23-24(15-21)31-17-30-23;1-2-6-13-10(3-1)9-4-5-11-12(7-9)15-8-14-11/h8-10,12-13,15,22H,4-7,11,14,16-17H2,1-3H3;4-5,7,10,13H,1-3,6,8H2. The highest BCUT2D eigenvalue weighted by Gasteiger charge is 2.28. The van der Waals surface area contributed by atoms with Crippen molar-refractivity contribution < 1.29 is 18.9 Å². The van der Waals surface area contributed by atoms with Crippen LogP contribution in [0, 0.1) is 6.92 Å². The quantitative estimate of drug-likeness (QED) is 0.214. The summed E-state index contributed by atoms with van der Waals surface area (Å²) in [6, 6.07) is 20.3. The zero-order valence-electron chi connectivity index (χ0n) is 28.0. The number of nitrogens with one attached hydrogen (secondary N) is 1. The van der Waals surface area contributed by atoms with E-state index >= 15 is 0 Å². The highest BCUT2D eigenvalue weighted by atomic mass is 32.1. The number of fused-ring (bicyclic) bond motifs is 2. The van der Waals surface area contributed by atoms with Crippen LogP contribution in [0.2, 0.25) is 0 Å². The molecule has 0 spiro atoms. The van der Waals surface area contributed by atoms with Crippen LogP contribution in [0.5, 0.6) is 23.0 Å². The predicted molar refractivity (Wildman–Crippen MR) is 188 cm³/mol. The van der Waals surface area contributed by atoms with E-state index in [4.69, 9.17) is 23.9 Å². The van der Waals surface area contributed by atoms with Crippen LogP contribution in [0.3, 0.4) is 0 Å². The lowest BCUT2D eigenvalue weighted by Crippen LogP contribution is -2.32. The lowest BCUT2D eigenvalue weighted by atomic mass is 9.95. The summed E-state index contributed by atoms with van der Waals surface area (Å²) in [4.78, 5) is 9.09. The van der Waals surface area contributed by atoms with Crippen molar-refractivity contribution in [2.45, 2.75) is 90.8 Å². The monoisotopic (exact) mass is 653 g/mol. The van der Waals surface area contributed by atoms with Gasteiger partial charge in [0.25, 0.3) is 0 Å². The SMILES string of the molecule is CCc1cccc(CC)c1-c1nc(C)c(CN2CCCCC2c2ccc3c(c2)OCO3)s1.c1cc2c(cc1C1CCCCN1)OCO2. The molecular formula is C39H47N3O4S. The Labute approximate surface area is 283 Å². The van der Waals surface area contributed by atoms with Crippen LogP contribution < -0.4 is 24.3 Å². The molecule has 5 heterocycles. The second-order valence-electron chi connectivity index (χ2n) is 12.9. The topological polar surface area (TPSA) is 65.1 Å². The number of rotatable bonds is 7. The van der Waals surface area contributed by atoms with E-state index in [1.165, 1.54) is 81.9 Å². The van der Waals surface area contributed by atoms with Crippen LogP contribution in [-0.2, 0) is 19.4 Å². The smallest absolute Gasteiger partial charge is 0.231 e. The molecule has 4 aliphatic heterocycles. The third kappa shape index (κ3) is 7.01. The second-order valence-corrected chi connectivity index (χ2v) is 14.0. The van der Waals surface area contributed by atoms with Crippen LogP contribution in [0.15, 0.2) is 54.6 Å². The van der Waals surface area contributed by atoms with Gasteiger partial charge in [0.2, 0.25) is 13.6 Å². The Bertz CT molecular complexity index is 1660. The summed E-state index contributed by atoms with van der Waals surface area (Å²) >= 11 is 1.89. The van der Waals surface area contributed by atoms with Gasteiger partial charge in [-0.3, -0.25) is 4.90 Å². The third-order valence-corrected chi connectivity index (χ3v) is 11.1. The summed E-state index contributed by atoms with van der Waals surface area (Å²) in [5, 5.41) is 4.71. The molecule has 8 heteroatoms. The molecule has 47 heavy (non-hydrogen) atoms. The molecule has 1 N–H and O–H groups in total. The Hall–Kier alpha value is -3.59. The number of nitrogens with zero attached hydrogens (tertiary/aromatic N) is 2. The van der Waals surface area contributed by atoms with E-state index in [9.17, 15) is 0 Å². The summed E-state index contributed by atoms with van der Waals surface area (Å²) in [6.45, 7) is 10.5. The molecule has 0 radical (unpaired) electrons. The molecule has 0 saturated carbocycles. The van der Waals surface area contributed by atoms with Crippen LogP contribution in [0.1, 0.15) is 97.3 Å². The summed E-state index contributed by atoms with van der Waals surface area (Å²) < 4.78 is 21.8. The Morgan fingerprint density at radius 3 is 2.13 bits per heavy atom. The second kappa shape index (κ2) is 14.7.